The van der Waals surface area contributed by atoms with E-state index in [1.165, 1.54) is 0 Å². The molecule has 2 aliphatic heterocycles. The molecule has 1 spiro atoms. The van der Waals surface area contributed by atoms with E-state index < -0.39 is 5.60 Å². The summed E-state index contributed by atoms with van der Waals surface area (Å²) in [4.78, 5) is 13.1. The predicted molar refractivity (Wildman–Crippen MR) is 146 cm³/mol. The van der Waals surface area contributed by atoms with Gasteiger partial charge in [-0.15, -0.1) is 0 Å². The maximum Gasteiger partial charge on any atom is 0.340 e. The minimum atomic E-state index is -1.13. The Hall–Kier alpha value is -5.03. The first-order chi connectivity index (χ1) is 19.2. The van der Waals surface area contributed by atoms with Crippen LogP contribution < -0.4 is 14.2 Å². The summed E-state index contributed by atoms with van der Waals surface area (Å²) in [5, 5.41) is 0. The molecule has 0 fully saturated rings. The minimum absolute atomic E-state index is 0.363. The van der Waals surface area contributed by atoms with Gasteiger partial charge in [0.15, 0.2) is 5.60 Å². The summed E-state index contributed by atoms with van der Waals surface area (Å²) in [6.07, 6.45) is 0. The summed E-state index contributed by atoms with van der Waals surface area (Å²) < 4.78 is 24.9. The van der Waals surface area contributed by atoms with Crippen molar-refractivity contribution in [2.24, 2.45) is 0 Å². The summed E-state index contributed by atoms with van der Waals surface area (Å²) in [5.41, 5.74) is 3.83. The lowest BCUT2D eigenvalue weighted by atomic mass is 9.77. The lowest BCUT2D eigenvalue weighted by Crippen LogP contribution is -2.33. The average molecular weight is 513 g/mol. The molecule has 0 radical (unpaired) electrons. The molecule has 0 bridgehead atoms. The Bertz CT molecular complexity index is 1580. The van der Waals surface area contributed by atoms with Gasteiger partial charge in [-0.25, -0.2) is 4.79 Å². The predicted octanol–water partition coefficient (Wildman–Crippen LogP) is 7.41. The summed E-state index contributed by atoms with van der Waals surface area (Å²) >= 11 is 0. The van der Waals surface area contributed by atoms with Gasteiger partial charge in [0.25, 0.3) is 0 Å². The molecule has 7 rings (SSSR count). The lowest BCUT2D eigenvalue weighted by Gasteiger charge is -2.36. The van der Waals surface area contributed by atoms with E-state index in [9.17, 15) is 4.79 Å². The number of carbonyl (C=O) groups is 1. The van der Waals surface area contributed by atoms with Crippen LogP contribution in [0.3, 0.4) is 0 Å². The average Bonchev–Trinajstić information content (AvgIpc) is 3.28. The molecule has 0 saturated heterocycles. The molecule has 0 atom stereocenters. The molecular formula is C34H24O5. The molecule has 5 heteroatoms. The summed E-state index contributed by atoms with van der Waals surface area (Å²) in [5.74, 6) is 2.09. The number of esters is 1. The van der Waals surface area contributed by atoms with Crippen LogP contribution in [0.25, 0.3) is 0 Å². The molecule has 0 aliphatic carbocycles. The van der Waals surface area contributed by atoms with E-state index in [4.69, 9.17) is 18.9 Å². The number of carbonyl (C=O) groups excluding carboxylic acids is 1. The molecule has 0 amide bonds. The van der Waals surface area contributed by atoms with Crippen LogP contribution >= 0.6 is 0 Å². The number of ether oxygens (including phenoxy) is 4. The Morgan fingerprint density at radius 3 is 1.64 bits per heavy atom. The largest absolute Gasteiger partial charge is 0.489 e. The van der Waals surface area contributed by atoms with Crippen molar-refractivity contribution in [2.75, 3.05) is 0 Å². The zero-order valence-electron chi connectivity index (χ0n) is 21.0. The van der Waals surface area contributed by atoms with Crippen LogP contribution in [0, 0.1) is 0 Å². The van der Waals surface area contributed by atoms with Gasteiger partial charge < -0.3 is 18.9 Å². The molecule has 5 aromatic carbocycles. The number of benzene rings is 5. The van der Waals surface area contributed by atoms with Gasteiger partial charge in [-0.05, 0) is 41.5 Å². The zero-order chi connectivity index (χ0) is 26.2. The first-order valence-electron chi connectivity index (χ1n) is 12.8. The molecule has 190 valence electrons. The molecule has 5 aromatic rings. The van der Waals surface area contributed by atoms with E-state index in [1.807, 2.05) is 115 Å². The second-order valence-electron chi connectivity index (χ2n) is 9.58. The molecular weight excluding hydrogens is 488 g/mol. The van der Waals surface area contributed by atoms with Gasteiger partial charge >= 0.3 is 5.97 Å². The highest BCUT2D eigenvalue weighted by molar-refractivity contribution is 5.97. The molecule has 0 unspecified atom stereocenters. The Balaban J connectivity index is 1.29. The van der Waals surface area contributed by atoms with Crippen molar-refractivity contribution in [2.45, 2.75) is 18.8 Å². The zero-order valence-corrected chi connectivity index (χ0v) is 21.0. The van der Waals surface area contributed by atoms with Crippen molar-refractivity contribution in [1.29, 1.82) is 0 Å². The van der Waals surface area contributed by atoms with Gasteiger partial charge in [-0.3, -0.25) is 0 Å². The third-order valence-electron chi connectivity index (χ3n) is 7.15. The van der Waals surface area contributed by atoms with Crippen LogP contribution in [0.1, 0.15) is 38.2 Å². The van der Waals surface area contributed by atoms with Crippen LogP contribution in [0.5, 0.6) is 23.0 Å². The third kappa shape index (κ3) is 3.99. The molecule has 5 nitrogen and oxygen atoms in total. The highest BCUT2D eigenvalue weighted by Crippen LogP contribution is 2.57. The van der Waals surface area contributed by atoms with Crippen molar-refractivity contribution in [3.8, 4) is 23.0 Å². The van der Waals surface area contributed by atoms with E-state index in [-0.39, 0.29) is 5.97 Å². The smallest absolute Gasteiger partial charge is 0.340 e. The van der Waals surface area contributed by atoms with Gasteiger partial charge in [0, 0.05) is 28.8 Å². The topological polar surface area (TPSA) is 54.0 Å². The second kappa shape index (κ2) is 9.37. The first kappa shape index (κ1) is 23.1. The fourth-order valence-corrected chi connectivity index (χ4v) is 5.30. The Morgan fingerprint density at radius 1 is 0.564 bits per heavy atom. The summed E-state index contributed by atoms with van der Waals surface area (Å²) in [6, 6.07) is 38.8. The second-order valence-corrected chi connectivity index (χ2v) is 9.58. The summed E-state index contributed by atoms with van der Waals surface area (Å²) in [7, 11) is 0. The van der Waals surface area contributed by atoms with Crippen molar-refractivity contribution in [3.63, 3.8) is 0 Å². The number of hydrogen-bond acceptors (Lipinski definition) is 5. The Kier molecular flexibility index (Phi) is 5.55. The van der Waals surface area contributed by atoms with Gasteiger partial charge in [0.1, 0.15) is 36.2 Å². The number of rotatable bonds is 6. The van der Waals surface area contributed by atoms with E-state index in [0.717, 1.165) is 27.8 Å². The van der Waals surface area contributed by atoms with Gasteiger partial charge in [-0.2, -0.15) is 0 Å². The maximum atomic E-state index is 13.1. The number of hydrogen-bond donors (Lipinski definition) is 0. The van der Waals surface area contributed by atoms with Gasteiger partial charge in [0.2, 0.25) is 0 Å². The van der Waals surface area contributed by atoms with E-state index >= 15 is 0 Å². The molecule has 2 heterocycles. The molecule has 0 aromatic heterocycles. The molecule has 0 N–H and O–H groups in total. The first-order valence-corrected chi connectivity index (χ1v) is 12.8. The molecule has 0 saturated carbocycles. The van der Waals surface area contributed by atoms with Crippen molar-refractivity contribution in [1.82, 2.24) is 0 Å². The van der Waals surface area contributed by atoms with Crippen molar-refractivity contribution in [3.05, 3.63) is 155 Å². The quantitative estimate of drug-likeness (QED) is 0.222. The maximum absolute atomic E-state index is 13.1. The van der Waals surface area contributed by atoms with Crippen LogP contribution in [0.4, 0.5) is 0 Å². The fourth-order valence-electron chi connectivity index (χ4n) is 5.30. The Labute approximate surface area is 226 Å². The van der Waals surface area contributed by atoms with Gasteiger partial charge in [-0.1, -0.05) is 78.9 Å². The monoisotopic (exact) mass is 512 g/mol. The minimum Gasteiger partial charge on any atom is -0.489 e. The van der Waals surface area contributed by atoms with E-state index in [0.29, 0.717) is 41.8 Å². The standard InChI is InChI=1S/C34H24O5/c35-33-27-13-7-8-14-28(27)34(39-33)29-17-15-25(36-21-23-9-3-1-4-10-23)19-31(29)38-32-20-26(16-18-30(32)34)37-22-24-11-5-2-6-12-24/h1-20H,21-22H2. The third-order valence-corrected chi connectivity index (χ3v) is 7.15. The van der Waals surface area contributed by atoms with Gasteiger partial charge in [0.05, 0.1) is 5.56 Å². The van der Waals surface area contributed by atoms with Crippen LogP contribution in [-0.2, 0) is 23.6 Å². The van der Waals surface area contributed by atoms with Crippen LogP contribution in [0.15, 0.2) is 121 Å². The van der Waals surface area contributed by atoms with Crippen molar-refractivity contribution >= 4 is 5.97 Å². The SMILES string of the molecule is O=C1OC2(c3ccc(OCc4ccccc4)cc3Oc3cc(OCc4ccccc4)ccc32)c2ccccc21. The number of fused-ring (bicyclic) bond motifs is 6. The highest BCUT2D eigenvalue weighted by Gasteiger charge is 2.53. The van der Waals surface area contributed by atoms with E-state index in [2.05, 4.69) is 0 Å². The van der Waals surface area contributed by atoms with Crippen molar-refractivity contribution < 1.29 is 23.7 Å². The fraction of sp³-hybridized carbons (Fsp3) is 0.0882. The highest BCUT2D eigenvalue weighted by atomic mass is 16.6. The normalized spacial score (nSPS) is 14.0. The summed E-state index contributed by atoms with van der Waals surface area (Å²) in [6.45, 7) is 0.854. The van der Waals surface area contributed by atoms with Crippen LogP contribution in [-0.4, -0.2) is 5.97 Å². The lowest BCUT2D eigenvalue weighted by molar-refractivity contribution is 0.0224. The Morgan fingerprint density at radius 2 is 1.08 bits per heavy atom. The van der Waals surface area contributed by atoms with E-state index in [1.54, 1.807) is 6.07 Å². The molecule has 2 aliphatic rings. The molecule has 39 heavy (non-hydrogen) atoms. The van der Waals surface area contributed by atoms with Crippen LogP contribution in [0.2, 0.25) is 0 Å².